The van der Waals surface area contributed by atoms with Gasteiger partial charge in [0.2, 0.25) is 0 Å². The highest BCUT2D eigenvalue weighted by atomic mass is 79.9. The monoisotopic (exact) mass is 627 g/mol. The Kier molecular flexibility index (Phi) is 8.61. The minimum Gasteiger partial charge on any atom is -0.493 e. The lowest BCUT2D eigenvalue weighted by Crippen LogP contribution is -2.29. The van der Waals surface area contributed by atoms with E-state index < -0.39 is 11.4 Å². The first kappa shape index (κ1) is 27.2. The van der Waals surface area contributed by atoms with E-state index in [-0.39, 0.29) is 35.3 Å². The summed E-state index contributed by atoms with van der Waals surface area (Å²) in [4.78, 5) is 29.8. The van der Waals surface area contributed by atoms with Crippen LogP contribution < -0.4 is 15.0 Å². The van der Waals surface area contributed by atoms with Crippen molar-refractivity contribution in [1.29, 1.82) is 0 Å². The highest BCUT2D eigenvalue weighted by Crippen LogP contribution is 2.42. The summed E-state index contributed by atoms with van der Waals surface area (Å²) in [6.45, 7) is 7.48. The zero-order valence-electron chi connectivity index (χ0n) is 19.8. The van der Waals surface area contributed by atoms with Gasteiger partial charge < -0.3 is 14.2 Å². The van der Waals surface area contributed by atoms with Crippen molar-refractivity contribution < 1.29 is 19.0 Å². The molecule has 0 bridgehead atoms. The fourth-order valence-corrected chi connectivity index (χ4v) is 4.19. The van der Waals surface area contributed by atoms with E-state index in [1.54, 1.807) is 25.1 Å². The topological polar surface area (TPSA) is 92.0 Å². The molecule has 0 saturated carbocycles. The number of fused-ring (bicyclic) bond motifs is 1. The zero-order valence-corrected chi connectivity index (χ0v) is 23.7. The quantitative estimate of drug-likeness (QED) is 0.246. The third-order valence-electron chi connectivity index (χ3n) is 4.81. The molecule has 0 unspecified atom stereocenters. The normalized spacial score (nSPS) is 11.8. The van der Waals surface area contributed by atoms with Crippen molar-refractivity contribution in [3.05, 3.63) is 60.0 Å². The summed E-state index contributed by atoms with van der Waals surface area (Å²) in [5.74, 6) is 0.429. The fraction of sp³-hybridized carbons (Fsp3) is 0.333. The average Bonchev–Trinajstić information content (AvgIpc) is 2.79. The van der Waals surface area contributed by atoms with Crippen LogP contribution in [0.2, 0.25) is 5.02 Å². The molecule has 0 aliphatic rings. The molecule has 186 valence electrons. The molecule has 0 aliphatic heterocycles. The molecule has 2 aromatic carbocycles. The molecule has 35 heavy (non-hydrogen) atoms. The van der Waals surface area contributed by atoms with E-state index in [4.69, 9.17) is 30.8 Å². The smallest absolute Gasteiger partial charge is 0.344 e. The van der Waals surface area contributed by atoms with Gasteiger partial charge in [0, 0.05) is 19.9 Å². The van der Waals surface area contributed by atoms with Crippen LogP contribution >= 0.6 is 43.5 Å². The van der Waals surface area contributed by atoms with Crippen LogP contribution in [0.15, 0.2) is 43.1 Å². The van der Waals surface area contributed by atoms with Gasteiger partial charge in [0.25, 0.3) is 5.56 Å². The predicted octanol–water partition coefficient (Wildman–Crippen LogP) is 5.71. The number of hydrogen-bond acceptors (Lipinski definition) is 7. The van der Waals surface area contributed by atoms with Crippen LogP contribution in [-0.4, -0.2) is 42.2 Å². The maximum Gasteiger partial charge on any atom is 0.344 e. The third-order valence-corrected chi connectivity index (χ3v) is 6.74. The van der Waals surface area contributed by atoms with E-state index in [9.17, 15) is 9.59 Å². The summed E-state index contributed by atoms with van der Waals surface area (Å²) in [6, 6.07) is 6.98. The lowest BCUT2D eigenvalue weighted by Gasteiger charge is -2.21. The lowest BCUT2D eigenvalue weighted by molar-refractivity contribution is -0.145. The molecule has 3 rings (SSSR count). The summed E-state index contributed by atoms with van der Waals surface area (Å²) >= 11 is 13.4. The van der Waals surface area contributed by atoms with E-state index in [0.717, 1.165) is 4.47 Å². The molecule has 0 aliphatic carbocycles. The van der Waals surface area contributed by atoms with Gasteiger partial charge >= 0.3 is 5.97 Å². The Morgan fingerprint density at radius 2 is 1.97 bits per heavy atom. The Balaban J connectivity index is 2.10. The molecule has 0 amide bonds. The van der Waals surface area contributed by atoms with Crippen LogP contribution in [0.25, 0.3) is 10.9 Å². The van der Waals surface area contributed by atoms with Gasteiger partial charge in [0.1, 0.15) is 10.8 Å². The molecule has 3 aromatic rings. The minimum absolute atomic E-state index is 0.177. The first-order chi connectivity index (χ1) is 16.5. The van der Waals surface area contributed by atoms with Crippen molar-refractivity contribution >= 4 is 66.5 Å². The van der Waals surface area contributed by atoms with Crippen molar-refractivity contribution in [2.24, 2.45) is 5.10 Å². The first-order valence-corrected chi connectivity index (χ1v) is 12.6. The molecule has 0 radical (unpaired) electrons. The highest BCUT2D eigenvalue weighted by Gasteiger charge is 2.23. The van der Waals surface area contributed by atoms with Gasteiger partial charge in [-0.05, 0) is 47.1 Å². The molecular weight excluding hydrogens is 606 g/mol. The maximum absolute atomic E-state index is 13.4. The molecular formula is C24H24Br2ClN3O5. The molecule has 1 heterocycles. The van der Waals surface area contributed by atoms with Gasteiger partial charge in [0.15, 0.2) is 18.1 Å². The maximum atomic E-state index is 13.4. The number of ether oxygens (including phenoxy) is 3. The van der Waals surface area contributed by atoms with Crippen molar-refractivity contribution in [3.8, 4) is 11.5 Å². The summed E-state index contributed by atoms with van der Waals surface area (Å²) in [6.07, 6.45) is 1.48. The Morgan fingerprint density at radius 1 is 1.26 bits per heavy atom. The molecule has 8 nitrogen and oxygen atoms in total. The number of nitrogens with zero attached hydrogens (tertiary/aromatic N) is 3. The number of esters is 1. The second-order valence-electron chi connectivity index (χ2n) is 8.43. The highest BCUT2D eigenvalue weighted by molar-refractivity contribution is 9.10. The number of benzene rings is 2. The van der Waals surface area contributed by atoms with Crippen LogP contribution in [0.5, 0.6) is 11.5 Å². The van der Waals surface area contributed by atoms with Crippen LogP contribution in [-0.2, 0) is 14.9 Å². The summed E-state index contributed by atoms with van der Waals surface area (Å²) in [5.41, 5.74) is 0.343. The summed E-state index contributed by atoms with van der Waals surface area (Å²) in [5, 5.41) is 5.08. The Hall–Kier alpha value is -2.43. The minimum atomic E-state index is -0.531. The second-order valence-corrected chi connectivity index (χ2v) is 10.5. The molecule has 0 saturated heterocycles. The van der Waals surface area contributed by atoms with E-state index >= 15 is 0 Å². The van der Waals surface area contributed by atoms with Crippen LogP contribution in [0.1, 0.15) is 39.1 Å². The Morgan fingerprint density at radius 3 is 2.60 bits per heavy atom. The molecule has 0 atom stereocenters. The standard InChI is InChI=1S/C24H24Br2ClN3O5/c1-6-34-18(31)12-35-21-17(33-5)9-13(19(26)20(21)27)11-28-30-22(32)15-10-14(25)7-8-16(15)29-23(30)24(2,3)4/h7-11H,6,12H2,1-5H3. The third kappa shape index (κ3) is 6.05. The molecule has 11 heteroatoms. The Labute approximate surface area is 224 Å². The number of halogens is 3. The number of hydrogen-bond donors (Lipinski definition) is 0. The van der Waals surface area contributed by atoms with Gasteiger partial charge in [-0.15, -0.1) is 0 Å². The lowest BCUT2D eigenvalue weighted by atomic mass is 9.95. The number of methoxy groups -OCH3 is 1. The van der Waals surface area contributed by atoms with Crippen LogP contribution in [0, 0.1) is 0 Å². The van der Waals surface area contributed by atoms with Crippen molar-refractivity contribution in [1.82, 2.24) is 9.66 Å². The van der Waals surface area contributed by atoms with E-state index in [1.165, 1.54) is 18.0 Å². The number of rotatable bonds is 7. The van der Waals surface area contributed by atoms with Gasteiger partial charge in [-0.3, -0.25) is 4.79 Å². The van der Waals surface area contributed by atoms with Crippen LogP contribution in [0.3, 0.4) is 0 Å². The molecule has 0 N–H and O–H groups in total. The van der Waals surface area contributed by atoms with Gasteiger partial charge in [-0.1, -0.05) is 48.3 Å². The first-order valence-electron chi connectivity index (χ1n) is 10.6. The zero-order chi connectivity index (χ0) is 25.9. The largest absolute Gasteiger partial charge is 0.493 e. The van der Waals surface area contributed by atoms with Gasteiger partial charge in [-0.25, -0.2) is 9.78 Å². The average molecular weight is 630 g/mol. The number of carbonyl (C=O) groups excluding carboxylic acids is 1. The van der Waals surface area contributed by atoms with E-state index in [2.05, 4.69) is 37.0 Å². The second kappa shape index (κ2) is 11.1. The van der Waals surface area contributed by atoms with Crippen molar-refractivity contribution in [2.75, 3.05) is 20.3 Å². The van der Waals surface area contributed by atoms with Crippen molar-refractivity contribution in [3.63, 3.8) is 0 Å². The molecule has 0 spiro atoms. The molecule has 1 aromatic heterocycles. The Bertz CT molecular complexity index is 1370. The number of carbonyl (C=O) groups is 1. The SMILES string of the molecule is CCOC(=O)COc1c(OC)cc(C=Nn2c(C(C)(C)C)nc3ccc(Br)cc3c2=O)c(Br)c1Cl. The predicted molar refractivity (Wildman–Crippen MR) is 143 cm³/mol. The van der Waals surface area contributed by atoms with E-state index in [1.807, 2.05) is 26.8 Å². The van der Waals surface area contributed by atoms with Crippen molar-refractivity contribution in [2.45, 2.75) is 33.1 Å². The number of aromatic nitrogens is 2. The fourth-order valence-electron chi connectivity index (χ4n) is 3.18. The van der Waals surface area contributed by atoms with Gasteiger partial charge in [0.05, 0.1) is 30.8 Å². The summed E-state index contributed by atoms with van der Waals surface area (Å²) < 4.78 is 18.3. The molecule has 0 fully saturated rings. The van der Waals surface area contributed by atoms with E-state index in [0.29, 0.717) is 26.8 Å². The van der Waals surface area contributed by atoms with Gasteiger partial charge in [-0.2, -0.15) is 9.78 Å². The van der Waals surface area contributed by atoms with Crippen LogP contribution in [0.4, 0.5) is 0 Å². The summed E-state index contributed by atoms with van der Waals surface area (Å²) in [7, 11) is 1.45.